The fraction of sp³-hybridized carbons (Fsp3) is 0.588. The topological polar surface area (TPSA) is 54.1 Å². The average Bonchev–Trinajstić information content (AvgIpc) is 3.12. The molecule has 2 aliphatic heterocycles. The van der Waals surface area contributed by atoms with Crippen molar-refractivity contribution < 1.29 is 9.13 Å². The SMILES string of the molecule is NC(=NCC(c1c(F)cccc1Cl)N1CCCC1)N1CCOCC1. The number of halogens is 2. The van der Waals surface area contributed by atoms with E-state index < -0.39 is 0 Å². The normalized spacial score (nSPS) is 21.2. The van der Waals surface area contributed by atoms with E-state index in [4.69, 9.17) is 22.1 Å². The third-order valence-electron chi connectivity index (χ3n) is 4.68. The summed E-state index contributed by atoms with van der Waals surface area (Å²) in [6, 6.07) is 4.64. The van der Waals surface area contributed by atoms with Crippen LogP contribution in [0.3, 0.4) is 0 Å². The van der Waals surface area contributed by atoms with Crippen LogP contribution in [0.4, 0.5) is 4.39 Å². The second-order valence-corrected chi connectivity index (χ2v) is 6.60. The number of hydrogen-bond donors (Lipinski definition) is 1. The predicted octanol–water partition coefficient (Wildman–Crippen LogP) is 2.26. The van der Waals surface area contributed by atoms with E-state index in [1.165, 1.54) is 6.07 Å². The number of aliphatic imine (C=N–C) groups is 1. The number of rotatable bonds is 4. The summed E-state index contributed by atoms with van der Waals surface area (Å²) < 4.78 is 19.7. The Balaban J connectivity index is 1.80. The van der Waals surface area contributed by atoms with Crippen LogP contribution in [0.5, 0.6) is 0 Å². The summed E-state index contributed by atoms with van der Waals surface area (Å²) in [5.74, 6) is 0.217. The monoisotopic (exact) mass is 354 g/mol. The molecule has 7 heteroatoms. The van der Waals surface area contributed by atoms with Gasteiger partial charge in [-0.15, -0.1) is 0 Å². The number of guanidine groups is 1. The first kappa shape index (κ1) is 17.5. The number of ether oxygens (including phenoxy) is 1. The lowest BCUT2D eigenvalue weighted by Crippen LogP contribution is -2.45. The van der Waals surface area contributed by atoms with Crippen molar-refractivity contribution in [2.75, 3.05) is 45.9 Å². The van der Waals surface area contributed by atoms with E-state index in [0.717, 1.165) is 39.0 Å². The van der Waals surface area contributed by atoms with Gasteiger partial charge in [0.15, 0.2) is 5.96 Å². The van der Waals surface area contributed by atoms with Gasteiger partial charge in [0, 0.05) is 23.7 Å². The van der Waals surface area contributed by atoms with E-state index in [2.05, 4.69) is 9.89 Å². The highest BCUT2D eigenvalue weighted by Gasteiger charge is 2.27. The van der Waals surface area contributed by atoms with Gasteiger partial charge in [0.2, 0.25) is 0 Å². The number of hydrogen-bond acceptors (Lipinski definition) is 3. The van der Waals surface area contributed by atoms with Gasteiger partial charge in [-0.2, -0.15) is 0 Å². The lowest BCUT2D eigenvalue weighted by atomic mass is 10.0. The van der Waals surface area contributed by atoms with Crippen LogP contribution < -0.4 is 5.73 Å². The van der Waals surface area contributed by atoms with Crippen LogP contribution in [-0.2, 0) is 4.74 Å². The van der Waals surface area contributed by atoms with Crippen LogP contribution in [0.25, 0.3) is 0 Å². The van der Waals surface area contributed by atoms with Crippen molar-refractivity contribution in [3.63, 3.8) is 0 Å². The molecule has 0 aliphatic carbocycles. The summed E-state index contributed by atoms with van der Waals surface area (Å²) in [7, 11) is 0. The second kappa shape index (κ2) is 8.14. The van der Waals surface area contributed by atoms with Crippen LogP contribution in [0.15, 0.2) is 23.2 Å². The highest BCUT2D eigenvalue weighted by Crippen LogP contribution is 2.32. The summed E-state index contributed by atoms with van der Waals surface area (Å²) in [5, 5.41) is 0.451. The lowest BCUT2D eigenvalue weighted by molar-refractivity contribution is 0.0673. The van der Waals surface area contributed by atoms with Gasteiger partial charge in [-0.1, -0.05) is 17.7 Å². The van der Waals surface area contributed by atoms with E-state index in [1.54, 1.807) is 12.1 Å². The van der Waals surface area contributed by atoms with E-state index >= 15 is 0 Å². The van der Waals surface area contributed by atoms with Crippen molar-refractivity contribution in [2.45, 2.75) is 18.9 Å². The Kier molecular flexibility index (Phi) is 5.92. The first-order valence-corrected chi connectivity index (χ1v) is 8.85. The molecule has 5 nitrogen and oxygen atoms in total. The van der Waals surface area contributed by atoms with Gasteiger partial charge < -0.3 is 15.4 Å². The first-order chi connectivity index (χ1) is 11.7. The molecule has 0 spiro atoms. The Labute approximate surface area is 147 Å². The van der Waals surface area contributed by atoms with Gasteiger partial charge in [-0.05, 0) is 38.1 Å². The van der Waals surface area contributed by atoms with E-state index in [0.29, 0.717) is 36.3 Å². The molecular formula is C17H24ClFN4O. The summed E-state index contributed by atoms with van der Waals surface area (Å²) in [6.45, 7) is 5.07. The number of nitrogens with zero attached hydrogens (tertiary/aromatic N) is 3. The predicted molar refractivity (Wildman–Crippen MR) is 93.8 cm³/mol. The number of benzene rings is 1. The van der Waals surface area contributed by atoms with Crippen molar-refractivity contribution in [1.29, 1.82) is 0 Å². The van der Waals surface area contributed by atoms with Crippen molar-refractivity contribution in [1.82, 2.24) is 9.80 Å². The Morgan fingerprint density at radius 2 is 1.96 bits per heavy atom. The summed E-state index contributed by atoms with van der Waals surface area (Å²) >= 11 is 6.29. The first-order valence-electron chi connectivity index (χ1n) is 8.47. The molecule has 2 saturated heterocycles. The highest BCUT2D eigenvalue weighted by atomic mass is 35.5. The van der Waals surface area contributed by atoms with Gasteiger partial charge in [-0.25, -0.2) is 4.39 Å². The Bertz CT molecular complexity index is 566. The maximum absolute atomic E-state index is 14.4. The Morgan fingerprint density at radius 3 is 2.62 bits per heavy atom. The molecule has 132 valence electrons. The van der Waals surface area contributed by atoms with Crippen LogP contribution in [0, 0.1) is 5.82 Å². The maximum Gasteiger partial charge on any atom is 0.191 e. The highest BCUT2D eigenvalue weighted by molar-refractivity contribution is 6.31. The maximum atomic E-state index is 14.4. The smallest absolute Gasteiger partial charge is 0.191 e. The number of likely N-dealkylation sites (tertiary alicyclic amines) is 1. The summed E-state index contributed by atoms with van der Waals surface area (Å²) in [5.41, 5.74) is 6.65. The molecule has 2 fully saturated rings. The van der Waals surface area contributed by atoms with Crippen LogP contribution in [-0.4, -0.2) is 61.7 Å². The van der Waals surface area contributed by atoms with Crippen LogP contribution >= 0.6 is 11.6 Å². The Hall–Kier alpha value is -1.37. The molecule has 2 N–H and O–H groups in total. The van der Waals surface area contributed by atoms with Crippen molar-refractivity contribution in [2.24, 2.45) is 10.7 Å². The fourth-order valence-electron chi connectivity index (χ4n) is 3.34. The van der Waals surface area contributed by atoms with Crippen molar-refractivity contribution in [3.05, 3.63) is 34.6 Å². The largest absolute Gasteiger partial charge is 0.378 e. The molecule has 0 aromatic heterocycles. The molecular weight excluding hydrogens is 331 g/mol. The molecule has 1 atom stereocenters. The van der Waals surface area contributed by atoms with Crippen molar-refractivity contribution in [3.8, 4) is 0 Å². The molecule has 0 radical (unpaired) electrons. The van der Waals surface area contributed by atoms with E-state index in [-0.39, 0.29) is 11.9 Å². The molecule has 2 heterocycles. The quantitative estimate of drug-likeness (QED) is 0.665. The summed E-state index contributed by atoms with van der Waals surface area (Å²) in [4.78, 5) is 8.81. The zero-order chi connectivity index (χ0) is 16.9. The molecule has 2 aliphatic rings. The van der Waals surface area contributed by atoms with Gasteiger partial charge in [0.05, 0.1) is 25.8 Å². The number of morpholine rings is 1. The van der Waals surface area contributed by atoms with Gasteiger partial charge >= 0.3 is 0 Å². The van der Waals surface area contributed by atoms with E-state index in [9.17, 15) is 4.39 Å². The third-order valence-corrected chi connectivity index (χ3v) is 5.01. The minimum Gasteiger partial charge on any atom is -0.378 e. The molecule has 0 amide bonds. The average molecular weight is 355 g/mol. The summed E-state index contributed by atoms with van der Waals surface area (Å²) in [6.07, 6.45) is 2.23. The minimum absolute atomic E-state index is 0.180. The minimum atomic E-state index is -0.278. The van der Waals surface area contributed by atoms with Crippen LogP contribution in [0.1, 0.15) is 24.4 Å². The molecule has 1 unspecified atom stereocenters. The molecule has 0 bridgehead atoms. The zero-order valence-electron chi connectivity index (χ0n) is 13.8. The van der Waals surface area contributed by atoms with Gasteiger partial charge in [0.25, 0.3) is 0 Å². The molecule has 1 aromatic rings. The Morgan fingerprint density at radius 1 is 1.25 bits per heavy atom. The van der Waals surface area contributed by atoms with Gasteiger partial charge in [0.1, 0.15) is 5.82 Å². The third kappa shape index (κ3) is 3.99. The molecule has 1 aromatic carbocycles. The molecule has 3 rings (SSSR count). The lowest BCUT2D eigenvalue weighted by Gasteiger charge is -2.30. The standard InChI is InChI=1S/C17H24ClFN4O/c18-13-4-3-5-14(19)16(13)15(22-6-1-2-7-22)12-21-17(20)23-8-10-24-11-9-23/h3-5,15H,1-2,6-12H2,(H2,20,21). The molecule has 24 heavy (non-hydrogen) atoms. The van der Waals surface area contributed by atoms with Crippen molar-refractivity contribution >= 4 is 17.6 Å². The number of nitrogens with two attached hydrogens (primary N) is 1. The second-order valence-electron chi connectivity index (χ2n) is 6.19. The molecule has 0 saturated carbocycles. The van der Waals surface area contributed by atoms with Crippen LogP contribution in [0.2, 0.25) is 5.02 Å². The zero-order valence-corrected chi connectivity index (χ0v) is 14.5. The van der Waals surface area contributed by atoms with E-state index in [1.807, 2.05) is 4.90 Å². The fourth-order valence-corrected chi connectivity index (χ4v) is 3.63. The van der Waals surface area contributed by atoms with Gasteiger partial charge in [-0.3, -0.25) is 9.89 Å².